The molecule has 2 nitrogen and oxygen atoms in total. The first-order chi connectivity index (χ1) is 8.45. The van der Waals surface area contributed by atoms with Gasteiger partial charge in [0.1, 0.15) is 0 Å². The van der Waals surface area contributed by atoms with E-state index in [1.54, 1.807) is 11.3 Å². The van der Waals surface area contributed by atoms with Crippen LogP contribution in [0.4, 0.5) is 0 Å². The maximum atomic E-state index is 5.77. The van der Waals surface area contributed by atoms with E-state index in [1.807, 2.05) is 0 Å². The summed E-state index contributed by atoms with van der Waals surface area (Å²) in [6.07, 6.45) is 1.53. The van der Waals surface area contributed by atoms with Gasteiger partial charge in [0.05, 0.1) is 6.10 Å². The largest absolute Gasteiger partial charge is 0.378 e. The number of halogens is 1. The van der Waals surface area contributed by atoms with Crippen LogP contribution in [0.3, 0.4) is 0 Å². The van der Waals surface area contributed by atoms with Gasteiger partial charge in [0, 0.05) is 38.8 Å². The summed E-state index contributed by atoms with van der Waals surface area (Å²) in [6, 6.07) is 3.16. The Balaban J connectivity index is 1.91. The fourth-order valence-corrected chi connectivity index (χ4v) is 4.05. The lowest BCUT2D eigenvalue weighted by atomic mass is 9.64. The molecule has 0 radical (unpaired) electrons. The van der Waals surface area contributed by atoms with Crippen LogP contribution in [-0.2, 0) is 4.74 Å². The number of rotatable bonds is 5. The number of hydrogen-bond acceptors (Lipinski definition) is 3. The second kappa shape index (κ2) is 5.61. The fourth-order valence-electron chi connectivity index (χ4n) is 2.59. The van der Waals surface area contributed by atoms with Crippen LogP contribution in [0, 0.1) is 5.41 Å². The molecule has 0 aromatic carbocycles. The Hall–Kier alpha value is 0.1000. The van der Waals surface area contributed by atoms with E-state index in [2.05, 4.69) is 60.4 Å². The molecule has 3 atom stereocenters. The molecule has 18 heavy (non-hydrogen) atoms. The maximum Gasteiger partial charge on any atom is 0.0655 e. The van der Waals surface area contributed by atoms with Gasteiger partial charge in [0.2, 0.25) is 0 Å². The van der Waals surface area contributed by atoms with Crippen molar-refractivity contribution in [3.63, 3.8) is 0 Å². The van der Waals surface area contributed by atoms with Crippen LogP contribution >= 0.6 is 27.3 Å². The van der Waals surface area contributed by atoms with Gasteiger partial charge < -0.3 is 10.1 Å². The molecule has 1 heterocycles. The van der Waals surface area contributed by atoms with E-state index in [4.69, 9.17) is 4.74 Å². The molecule has 0 amide bonds. The second-order valence-corrected chi connectivity index (χ2v) is 7.47. The molecule has 1 aromatic rings. The minimum absolute atomic E-state index is 0.235. The molecule has 1 aliphatic rings. The molecular weight excluding hydrogens is 310 g/mol. The number of nitrogens with one attached hydrogen (secondary N) is 1. The Morgan fingerprint density at radius 3 is 2.83 bits per heavy atom. The van der Waals surface area contributed by atoms with Crippen LogP contribution in [0.15, 0.2) is 15.9 Å². The molecule has 0 spiro atoms. The molecule has 1 saturated carbocycles. The van der Waals surface area contributed by atoms with Gasteiger partial charge >= 0.3 is 0 Å². The topological polar surface area (TPSA) is 21.3 Å². The normalized spacial score (nSPS) is 27.8. The lowest BCUT2D eigenvalue weighted by Crippen LogP contribution is -2.61. The minimum Gasteiger partial charge on any atom is -0.378 e. The predicted molar refractivity (Wildman–Crippen MR) is 81.2 cm³/mol. The molecule has 1 aliphatic carbocycles. The van der Waals surface area contributed by atoms with Crippen molar-refractivity contribution >= 4 is 27.3 Å². The zero-order valence-electron chi connectivity index (χ0n) is 11.5. The van der Waals surface area contributed by atoms with Crippen molar-refractivity contribution in [3.8, 4) is 0 Å². The van der Waals surface area contributed by atoms with E-state index in [-0.39, 0.29) is 5.41 Å². The first kappa shape index (κ1) is 14.5. The van der Waals surface area contributed by atoms with Crippen molar-refractivity contribution in [2.45, 2.75) is 52.3 Å². The average Bonchev–Trinajstić information content (AvgIpc) is 2.74. The van der Waals surface area contributed by atoms with Gasteiger partial charge in [-0.15, -0.1) is 11.3 Å². The van der Waals surface area contributed by atoms with E-state index in [1.165, 1.54) is 9.35 Å². The molecule has 3 unspecified atom stereocenters. The van der Waals surface area contributed by atoms with Crippen molar-refractivity contribution in [1.82, 2.24) is 5.32 Å². The molecule has 0 bridgehead atoms. The minimum atomic E-state index is 0.235. The van der Waals surface area contributed by atoms with E-state index < -0.39 is 0 Å². The van der Waals surface area contributed by atoms with Crippen LogP contribution < -0.4 is 5.32 Å². The summed E-state index contributed by atoms with van der Waals surface area (Å²) in [6.45, 7) is 9.72. The van der Waals surface area contributed by atoms with Gasteiger partial charge in [-0.1, -0.05) is 13.8 Å². The Morgan fingerprint density at radius 1 is 1.61 bits per heavy atom. The lowest BCUT2D eigenvalue weighted by molar-refractivity contribution is -0.116. The van der Waals surface area contributed by atoms with E-state index in [0.29, 0.717) is 18.2 Å². The van der Waals surface area contributed by atoms with Gasteiger partial charge in [-0.25, -0.2) is 0 Å². The summed E-state index contributed by atoms with van der Waals surface area (Å²) in [4.78, 5) is 1.39. The highest BCUT2D eigenvalue weighted by atomic mass is 79.9. The summed E-state index contributed by atoms with van der Waals surface area (Å²) in [5.74, 6) is 0. The zero-order chi connectivity index (χ0) is 13.3. The maximum absolute atomic E-state index is 5.77. The third-order valence-electron chi connectivity index (χ3n) is 4.01. The first-order valence-electron chi connectivity index (χ1n) is 6.56. The van der Waals surface area contributed by atoms with Gasteiger partial charge in [-0.3, -0.25) is 0 Å². The lowest BCUT2D eigenvalue weighted by Gasteiger charge is -2.52. The van der Waals surface area contributed by atoms with Gasteiger partial charge in [0.15, 0.2) is 0 Å². The van der Waals surface area contributed by atoms with Gasteiger partial charge in [-0.05, 0) is 42.3 Å². The molecule has 1 aromatic heterocycles. The molecule has 1 fully saturated rings. The Morgan fingerprint density at radius 2 is 2.33 bits per heavy atom. The quantitative estimate of drug-likeness (QED) is 0.865. The van der Waals surface area contributed by atoms with Crippen LogP contribution in [0.25, 0.3) is 0 Å². The Bertz CT molecular complexity index is 404. The third-order valence-corrected chi connectivity index (χ3v) is 5.89. The van der Waals surface area contributed by atoms with Crippen molar-refractivity contribution in [1.29, 1.82) is 0 Å². The molecule has 0 saturated heterocycles. The highest BCUT2D eigenvalue weighted by molar-refractivity contribution is 9.10. The van der Waals surface area contributed by atoms with Crippen LogP contribution in [0.2, 0.25) is 0 Å². The van der Waals surface area contributed by atoms with Crippen LogP contribution in [0.1, 0.15) is 45.0 Å². The van der Waals surface area contributed by atoms with Crippen molar-refractivity contribution in [2.24, 2.45) is 5.41 Å². The summed E-state index contributed by atoms with van der Waals surface area (Å²) in [5.41, 5.74) is 0.235. The highest BCUT2D eigenvalue weighted by Gasteiger charge is 2.49. The van der Waals surface area contributed by atoms with Crippen LogP contribution in [0.5, 0.6) is 0 Å². The standard InChI is InChI=1S/C14H22BrNOS/c1-5-17-13-7-12(14(13,3)4)16-9(2)11-6-10(15)8-18-11/h6,8-9,12-13,16H,5,7H2,1-4H3. The molecule has 2 rings (SSSR count). The Kier molecular flexibility index (Phi) is 4.52. The average molecular weight is 332 g/mol. The third kappa shape index (κ3) is 2.82. The van der Waals surface area contributed by atoms with E-state index in [0.717, 1.165) is 13.0 Å². The fraction of sp³-hybridized carbons (Fsp3) is 0.714. The van der Waals surface area contributed by atoms with Crippen molar-refractivity contribution in [2.75, 3.05) is 6.61 Å². The van der Waals surface area contributed by atoms with Gasteiger partial charge in [0.25, 0.3) is 0 Å². The van der Waals surface area contributed by atoms with Crippen LogP contribution in [-0.4, -0.2) is 18.8 Å². The van der Waals surface area contributed by atoms with Crippen molar-refractivity contribution < 1.29 is 4.74 Å². The van der Waals surface area contributed by atoms with Crippen molar-refractivity contribution in [3.05, 3.63) is 20.8 Å². The molecule has 4 heteroatoms. The smallest absolute Gasteiger partial charge is 0.0655 e. The summed E-state index contributed by atoms with van der Waals surface area (Å²) in [7, 11) is 0. The zero-order valence-corrected chi connectivity index (χ0v) is 13.9. The highest BCUT2D eigenvalue weighted by Crippen LogP contribution is 2.44. The SMILES string of the molecule is CCOC1CC(NC(C)c2cc(Br)cs2)C1(C)C. The summed E-state index contributed by atoms with van der Waals surface area (Å²) < 4.78 is 6.95. The molecule has 102 valence electrons. The molecule has 0 aliphatic heterocycles. The summed E-state index contributed by atoms with van der Waals surface area (Å²) in [5, 5.41) is 5.88. The number of ether oxygens (including phenoxy) is 1. The molecule has 1 N–H and O–H groups in total. The number of thiophene rings is 1. The first-order valence-corrected chi connectivity index (χ1v) is 8.24. The number of hydrogen-bond donors (Lipinski definition) is 1. The monoisotopic (exact) mass is 331 g/mol. The van der Waals surface area contributed by atoms with E-state index in [9.17, 15) is 0 Å². The van der Waals surface area contributed by atoms with E-state index >= 15 is 0 Å². The second-order valence-electron chi connectivity index (χ2n) is 5.61. The molecular formula is C14H22BrNOS. The summed E-state index contributed by atoms with van der Waals surface area (Å²) >= 11 is 5.32. The van der Waals surface area contributed by atoms with Gasteiger partial charge in [-0.2, -0.15) is 0 Å². The Labute approximate surface area is 122 Å². The predicted octanol–water partition coefficient (Wildman–Crippen LogP) is 4.36.